The Bertz CT molecular complexity index is 1350. The summed E-state index contributed by atoms with van der Waals surface area (Å²) in [4.78, 5) is 29.3. The third kappa shape index (κ3) is 9.94. The molecule has 0 saturated heterocycles. The van der Waals surface area contributed by atoms with Crippen LogP contribution in [0.1, 0.15) is 50.5 Å². The number of carbonyl (C=O) groups excluding carboxylic acids is 2. The summed E-state index contributed by atoms with van der Waals surface area (Å²) in [6, 6.07) is 21.2. The molecule has 0 aromatic heterocycles. The highest BCUT2D eigenvalue weighted by Crippen LogP contribution is 2.27. The summed E-state index contributed by atoms with van der Waals surface area (Å²) in [7, 11) is 5.42. The number of amides is 1. The number of methoxy groups -OCH3 is 1. The number of benzene rings is 3. The molecule has 0 unspecified atom stereocenters. The number of ether oxygens (including phenoxy) is 3. The van der Waals surface area contributed by atoms with Gasteiger partial charge in [-0.2, -0.15) is 0 Å². The molecule has 3 aromatic rings. The van der Waals surface area contributed by atoms with Gasteiger partial charge >= 0.3 is 12.1 Å². The number of esters is 1. The molecule has 0 atom stereocenters. The molecule has 1 amide bonds. The number of hydrogen-bond donors (Lipinski definition) is 0. The van der Waals surface area contributed by atoms with Gasteiger partial charge in [0, 0.05) is 25.0 Å². The second kappa shape index (κ2) is 13.7. The molecule has 0 N–H and O–H groups in total. The molecule has 3 aromatic carbocycles. The van der Waals surface area contributed by atoms with Crippen LogP contribution in [0.4, 0.5) is 4.79 Å². The second-order valence-electron chi connectivity index (χ2n) is 12.4. The lowest BCUT2D eigenvalue weighted by atomic mass is 9.92. The number of nitrogens with zero attached hydrogens (tertiary/aromatic N) is 2. The molecule has 0 heterocycles. The summed E-state index contributed by atoms with van der Waals surface area (Å²) < 4.78 is 17.0. The molecule has 41 heavy (non-hydrogen) atoms. The number of hydrogen-bond acceptors (Lipinski definition) is 6. The van der Waals surface area contributed by atoms with Gasteiger partial charge in [0.05, 0.1) is 12.7 Å². The van der Waals surface area contributed by atoms with Crippen molar-refractivity contribution in [3.63, 3.8) is 0 Å². The molecule has 0 fully saturated rings. The summed E-state index contributed by atoms with van der Waals surface area (Å²) >= 11 is 0. The van der Waals surface area contributed by atoms with Crippen LogP contribution in [-0.2, 0) is 9.47 Å². The maximum atomic E-state index is 13.5. The zero-order valence-corrected chi connectivity index (χ0v) is 25.7. The van der Waals surface area contributed by atoms with Crippen LogP contribution in [-0.4, -0.2) is 74.9 Å². The third-order valence-electron chi connectivity index (χ3n) is 6.27. The largest absolute Gasteiger partial charge is 0.489 e. The molecule has 0 spiro atoms. The maximum absolute atomic E-state index is 13.5. The molecule has 0 saturated carbocycles. The Morgan fingerprint density at radius 1 is 0.854 bits per heavy atom. The van der Waals surface area contributed by atoms with Gasteiger partial charge in [-0.15, -0.1) is 0 Å². The lowest BCUT2D eigenvalue weighted by Gasteiger charge is -2.36. The van der Waals surface area contributed by atoms with E-state index in [9.17, 15) is 9.59 Å². The van der Waals surface area contributed by atoms with E-state index in [-0.39, 0.29) is 24.1 Å². The highest BCUT2D eigenvalue weighted by Gasteiger charge is 2.29. The average molecular weight is 561 g/mol. The average Bonchev–Trinajstić information content (AvgIpc) is 2.89. The first-order valence-electron chi connectivity index (χ1n) is 13.9. The van der Waals surface area contributed by atoms with Gasteiger partial charge in [0.15, 0.2) is 0 Å². The van der Waals surface area contributed by atoms with E-state index in [1.54, 1.807) is 17.0 Å². The summed E-state index contributed by atoms with van der Waals surface area (Å²) in [6.45, 7) is 11.8. The smallest absolute Gasteiger partial charge is 0.410 e. The van der Waals surface area contributed by atoms with Gasteiger partial charge in [0.2, 0.25) is 0 Å². The topological polar surface area (TPSA) is 68.3 Å². The summed E-state index contributed by atoms with van der Waals surface area (Å²) in [5, 5.41) is 2.11. The van der Waals surface area contributed by atoms with E-state index >= 15 is 0 Å². The van der Waals surface area contributed by atoms with Crippen molar-refractivity contribution in [3.8, 4) is 5.75 Å². The number of carbonyl (C=O) groups is 2. The van der Waals surface area contributed by atoms with Crippen molar-refractivity contribution in [1.29, 1.82) is 0 Å². The quantitative estimate of drug-likeness (QED) is 0.237. The standard InChI is InChI=1S/C34H44N2O5/c1-33(2,3)41-32(38)36(24-34(4,5)23-35(6)7)21-26(20-25-16-18-28(19-17-25)31(37)39-8)22-40-30-15-11-13-27-12-9-10-14-29(27)30/h9-20H,21-24H2,1-8H3. The molecular formula is C34H44N2O5. The van der Waals surface area contributed by atoms with E-state index in [4.69, 9.17) is 14.2 Å². The van der Waals surface area contributed by atoms with Gasteiger partial charge in [-0.05, 0) is 75.0 Å². The first-order valence-corrected chi connectivity index (χ1v) is 13.9. The van der Waals surface area contributed by atoms with Crippen LogP contribution >= 0.6 is 0 Å². The Morgan fingerprint density at radius 2 is 1.51 bits per heavy atom. The SMILES string of the molecule is COC(=O)c1ccc(C=C(COc2cccc3ccccc23)CN(CC(C)(C)CN(C)C)C(=O)OC(C)(C)C)cc1. The van der Waals surface area contributed by atoms with Crippen molar-refractivity contribution in [3.05, 3.63) is 83.4 Å². The molecule has 7 heteroatoms. The Labute approximate surface area is 244 Å². The molecule has 0 bridgehead atoms. The van der Waals surface area contributed by atoms with Crippen LogP contribution < -0.4 is 4.74 Å². The maximum Gasteiger partial charge on any atom is 0.410 e. The normalized spacial score (nSPS) is 12.4. The molecular weight excluding hydrogens is 516 g/mol. The van der Waals surface area contributed by atoms with Crippen LogP contribution in [0.25, 0.3) is 16.8 Å². The molecule has 220 valence electrons. The van der Waals surface area contributed by atoms with Gasteiger partial charge in [-0.25, -0.2) is 9.59 Å². The van der Waals surface area contributed by atoms with E-state index in [1.807, 2.05) is 83.4 Å². The molecule has 0 aliphatic carbocycles. The van der Waals surface area contributed by atoms with Gasteiger partial charge < -0.3 is 24.0 Å². The number of fused-ring (bicyclic) bond motifs is 1. The van der Waals surface area contributed by atoms with E-state index in [0.717, 1.165) is 34.2 Å². The molecule has 3 rings (SSSR count). The van der Waals surface area contributed by atoms with Gasteiger partial charge in [-0.3, -0.25) is 0 Å². The first-order chi connectivity index (χ1) is 19.3. The van der Waals surface area contributed by atoms with Crippen molar-refractivity contribution in [1.82, 2.24) is 9.80 Å². The van der Waals surface area contributed by atoms with Crippen molar-refractivity contribution in [2.24, 2.45) is 5.41 Å². The van der Waals surface area contributed by atoms with Crippen LogP contribution in [0.15, 0.2) is 72.3 Å². The Balaban J connectivity index is 1.97. The van der Waals surface area contributed by atoms with Crippen molar-refractivity contribution >= 4 is 28.9 Å². The van der Waals surface area contributed by atoms with Crippen LogP contribution in [0, 0.1) is 5.41 Å². The zero-order chi connectivity index (χ0) is 30.2. The predicted molar refractivity (Wildman–Crippen MR) is 165 cm³/mol. The monoisotopic (exact) mass is 560 g/mol. The zero-order valence-electron chi connectivity index (χ0n) is 25.7. The van der Waals surface area contributed by atoms with Crippen molar-refractivity contribution in [2.45, 2.75) is 40.2 Å². The molecule has 0 aliphatic heterocycles. The second-order valence-corrected chi connectivity index (χ2v) is 12.4. The number of rotatable bonds is 11. The van der Waals surface area contributed by atoms with E-state index in [0.29, 0.717) is 18.7 Å². The molecule has 7 nitrogen and oxygen atoms in total. The van der Waals surface area contributed by atoms with E-state index in [1.165, 1.54) is 7.11 Å². The minimum atomic E-state index is -0.631. The van der Waals surface area contributed by atoms with Gasteiger partial charge in [-0.1, -0.05) is 68.5 Å². The fourth-order valence-corrected chi connectivity index (χ4v) is 4.87. The molecule has 0 radical (unpaired) electrons. The van der Waals surface area contributed by atoms with Crippen LogP contribution in [0.5, 0.6) is 5.75 Å². The van der Waals surface area contributed by atoms with Gasteiger partial charge in [0.25, 0.3) is 0 Å². The molecule has 0 aliphatic rings. The minimum Gasteiger partial charge on any atom is -0.489 e. The highest BCUT2D eigenvalue weighted by atomic mass is 16.6. The highest BCUT2D eigenvalue weighted by molar-refractivity contribution is 5.89. The third-order valence-corrected chi connectivity index (χ3v) is 6.27. The van der Waals surface area contributed by atoms with E-state index in [2.05, 4.69) is 30.9 Å². The van der Waals surface area contributed by atoms with Crippen LogP contribution in [0.3, 0.4) is 0 Å². The Kier molecular flexibility index (Phi) is 10.6. The first kappa shape index (κ1) is 31.7. The fraction of sp³-hybridized carbons (Fsp3) is 0.412. The predicted octanol–water partition coefficient (Wildman–Crippen LogP) is 6.91. The summed E-state index contributed by atoms with van der Waals surface area (Å²) in [5.74, 6) is 0.381. The Morgan fingerprint density at radius 3 is 2.15 bits per heavy atom. The lowest BCUT2D eigenvalue weighted by Crippen LogP contribution is -2.46. The van der Waals surface area contributed by atoms with Crippen molar-refractivity contribution in [2.75, 3.05) is 47.4 Å². The lowest BCUT2D eigenvalue weighted by molar-refractivity contribution is 0.0178. The fourth-order valence-electron chi connectivity index (χ4n) is 4.87. The summed E-state index contributed by atoms with van der Waals surface area (Å²) in [5.41, 5.74) is 1.42. The Hall–Kier alpha value is -3.84. The van der Waals surface area contributed by atoms with Crippen molar-refractivity contribution < 1.29 is 23.8 Å². The minimum absolute atomic E-state index is 0.190. The summed E-state index contributed by atoms with van der Waals surface area (Å²) in [6.07, 6.45) is 1.63. The van der Waals surface area contributed by atoms with Gasteiger partial charge in [0.1, 0.15) is 18.0 Å². The van der Waals surface area contributed by atoms with Crippen LogP contribution in [0.2, 0.25) is 0 Å². The van der Waals surface area contributed by atoms with E-state index < -0.39 is 5.60 Å².